The SMILES string of the molecule is CCNC(Cc1cccnc1)c1csc(C)c1. The highest BCUT2D eigenvalue weighted by Gasteiger charge is 2.12. The number of aromatic nitrogens is 1. The molecule has 0 aromatic carbocycles. The number of thiophene rings is 1. The van der Waals surface area contributed by atoms with Crippen molar-refractivity contribution in [1.82, 2.24) is 10.3 Å². The minimum Gasteiger partial charge on any atom is -0.310 e. The van der Waals surface area contributed by atoms with E-state index in [2.05, 4.69) is 41.7 Å². The molecule has 3 heteroatoms. The largest absolute Gasteiger partial charge is 0.310 e. The summed E-state index contributed by atoms with van der Waals surface area (Å²) in [7, 11) is 0. The first-order valence-electron chi connectivity index (χ1n) is 5.97. The zero-order chi connectivity index (χ0) is 12.1. The fraction of sp³-hybridized carbons (Fsp3) is 0.357. The van der Waals surface area contributed by atoms with Crippen molar-refractivity contribution in [2.45, 2.75) is 26.3 Å². The van der Waals surface area contributed by atoms with E-state index >= 15 is 0 Å². The van der Waals surface area contributed by atoms with Crippen molar-refractivity contribution < 1.29 is 0 Å². The van der Waals surface area contributed by atoms with Crippen LogP contribution in [0.4, 0.5) is 0 Å². The van der Waals surface area contributed by atoms with Crippen LogP contribution in [0.3, 0.4) is 0 Å². The smallest absolute Gasteiger partial charge is 0.0369 e. The summed E-state index contributed by atoms with van der Waals surface area (Å²) in [6, 6.07) is 6.80. The number of nitrogens with one attached hydrogen (secondary N) is 1. The Hall–Kier alpha value is -1.19. The molecule has 0 spiro atoms. The molecule has 2 nitrogen and oxygen atoms in total. The van der Waals surface area contributed by atoms with Gasteiger partial charge in [-0.1, -0.05) is 13.0 Å². The fourth-order valence-corrected chi connectivity index (χ4v) is 2.71. The minimum absolute atomic E-state index is 0.397. The zero-order valence-corrected chi connectivity index (χ0v) is 11.1. The van der Waals surface area contributed by atoms with Crippen LogP contribution in [-0.2, 0) is 6.42 Å². The van der Waals surface area contributed by atoms with Crippen molar-refractivity contribution >= 4 is 11.3 Å². The van der Waals surface area contributed by atoms with Crippen LogP contribution in [0.25, 0.3) is 0 Å². The van der Waals surface area contributed by atoms with Crippen LogP contribution in [0.15, 0.2) is 36.0 Å². The van der Waals surface area contributed by atoms with E-state index in [9.17, 15) is 0 Å². The van der Waals surface area contributed by atoms with Crippen LogP contribution in [0.1, 0.15) is 29.0 Å². The molecular formula is C14H18N2S. The maximum atomic E-state index is 4.17. The molecule has 0 saturated heterocycles. The number of pyridine rings is 1. The number of nitrogens with zero attached hydrogens (tertiary/aromatic N) is 1. The molecule has 1 atom stereocenters. The molecule has 0 amide bonds. The van der Waals surface area contributed by atoms with E-state index in [-0.39, 0.29) is 0 Å². The van der Waals surface area contributed by atoms with Gasteiger partial charge in [-0.3, -0.25) is 4.98 Å². The molecule has 90 valence electrons. The number of hydrogen-bond acceptors (Lipinski definition) is 3. The van der Waals surface area contributed by atoms with Gasteiger partial charge in [0.15, 0.2) is 0 Å². The molecule has 1 unspecified atom stereocenters. The summed E-state index contributed by atoms with van der Waals surface area (Å²) in [6.45, 7) is 5.29. The summed E-state index contributed by atoms with van der Waals surface area (Å²) in [4.78, 5) is 5.54. The number of aryl methyl sites for hydroxylation is 1. The second-order valence-corrected chi connectivity index (χ2v) is 5.28. The van der Waals surface area contributed by atoms with Crippen molar-refractivity contribution in [2.75, 3.05) is 6.54 Å². The molecule has 17 heavy (non-hydrogen) atoms. The highest BCUT2D eigenvalue weighted by molar-refractivity contribution is 7.10. The second-order valence-electron chi connectivity index (χ2n) is 4.17. The van der Waals surface area contributed by atoms with Gasteiger partial charge in [-0.15, -0.1) is 11.3 Å². The predicted octanol–water partition coefficient (Wildman–Crippen LogP) is 3.34. The number of likely N-dealkylation sites (N-methyl/N-ethyl adjacent to an activating group) is 1. The average Bonchev–Trinajstić information content (AvgIpc) is 2.77. The van der Waals surface area contributed by atoms with E-state index in [1.165, 1.54) is 16.0 Å². The predicted molar refractivity (Wildman–Crippen MR) is 73.4 cm³/mol. The van der Waals surface area contributed by atoms with Gasteiger partial charge in [-0.25, -0.2) is 0 Å². The van der Waals surface area contributed by atoms with Crippen molar-refractivity contribution in [2.24, 2.45) is 0 Å². The Morgan fingerprint density at radius 3 is 2.94 bits per heavy atom. The monoisotopic (exact) mass is 246 g/mol. The lowest BCUT2D eigenvalue weighted by Gasteiger charge is -2.16. The Balaban J connectivity index is 2.13. The maximum absolute atomic E-state index is 4.17. The Labute approximate surface area is 107 Å². The number of hydrogen-bond donors (Lipinski definition) is 1. The van der Waals surface area contributed by atoms with Crippen molar-refractivity contribution in [3.8, 4) is 0 Å². The average molecular weight is 246 g/mol. The summed E-state index contributed by atoms with van der Waals surface area (Å²) >= 11 is 1.81. The molecule has 0 aliphatic carbocycles. The second kappa shape index (κ2) is 5.94. The third kappa shape index (κ3) is 3.38. The normalized spacial score (nSPS) is 12.6. The Morgan fingerprint density at radius 2 is 2.35 bits per heavy atom. The van der Waals surface area contributed by atoms with E-state index in [0.29, 0.717) is 6.04 Å². The van der Waals surface area contributed by atoms with E-state index in [1.54, 1.807) is 0 Å². The van der Waals surface area contributed by atoms with Gasteiger partial charge in [-0.05, 0) is 48.5 Å². The molecule has 0 aliphatic heterocycles. The quantitative estimate of drug-likeness (QED) is 0.875. The van der Waals surface area contributed by atoms with Crippen LogP contribution in [0.2, 0.25) is 0 Å². The first-order chi connectivity index (χ1) is 8.29. The van der Waals surface area contributed by atoms with E-state index in [0.717, 1.165) is 13.0 Å². The topological polar surface area (TPSA) is 24.9 Å². The van der Waals surface area contributed by atoms with Gasteiger partial charge >= 0.3 is 0 Å². The molecule has 2 rings (SSSR count). The Morgan fingerprint density at radius 1 is 1.47 bits per heavy atom. The van der Waals surface area contributed by atoms with Crippen molar-refractivity contribution in [3.05, 3.63) is 52.0 Å². The van der Waals surface area contributed by atoms with E-state index in [1.807, 2.05) is 29.8 Å². The lowest BCUT2D eigenvalue weighted by molar-refractivity contribution is 0.550. The first kappa shape index (κ1) is 12.3. The van der Waals surface area contributed by atoms with Gasteiger partial charge in [-0.2, -0.15) is 0 Å². The first-order valence-corrected chi connectivity index (χ1v) is 6.85. The third-order valence-electron chi connectivity index (χ3n) is 2.77. The summed E-state index contributed by atoms with van der Waals surface area (Å²) in [6.07, 6.45) is 4.77. The van der Waals surface area contributed by atoms with Gasteiger partial charge in [0.25, 0.3) is 0 Å². The Bertz CT molecular complexity index is 450. The van der Waals surface area contributed by atoms with Crippen LogP contribution in [-0.4, -0.2) is 11.5 Å². The van der Waals surface area contributed by atoms with Gasteiger partial charge in [0.2, 0.25) is 0 Å². The summed E-state index contributed by atoms with van der Waals surface area (Å²) in [5.41, 5.74) is 2.67. The minimum atomic E-state index is 0.397. The van der Waals surface area contributed by atoms with Crippen LogP contribution >= 0.6 is 11.3 Å². The number of rotatable bonds is 5. The molecule has 0 fully saturated rings. The standard InChI is InChI=1S/C14H18N2S/c1-3-16-14(13-7-11(2)17-10-13)8-12-5-4-6-15-9-12/h4-7,9-10,14,16H,3,8H2,1-2H3. The van der Waals surface area contributed by atoms with Crippen molar-refractivity contribution in [1.29, 1.82) is 0 Å². The molecule has 0 radical (unpaired) electrons. The fourth-order valence-electron chi connectivity index (χ4n) is 1.96. The molecule has 2 aromatic rings. The summed E-state index contributed by atoms with van der Waals surface area (Å²) in [5.74, 6) is 0. The lowest BCUT2D eigenvalue weighted by atomic mass is 10.0. The molecule has 2 heterocycles. The molecular weight excluding hydrogens is 228 g/mol. The lowest BCUT2D eigenvalue weighted by Crippen LogP contribution is -2.22. The molecule has 0 saturated carbocycles. The van der Waals surface area contributed by atoms with Gasteiger partial charge in [0, 0.05) is 23.3 Å². The van der Waals surface area contributed by atoms with Crippen LogP contribution in [0, 0.1) is 6.92 Å². The molecule has 2 aromatic heterocycles. The van der Waals surface area contributed by atoms with E-state index < -0.39 is 0 Å². The summed E-state index contributed by atoms with van der Waals surface area (Å²) in [5, 5.41) is 5.79. The van der Waals surface area contributed by atoms with Gasteiger partial charge < -0.3 is 5.32 Å². The van der Waals surface area contributed by atoms with E-state index in [4.69, 9.17) is 0 Å². The highest BCUT2D eigenvalue weighted by atomic mass is 32.1. The van der Waals surface area contributed by atoms with Crippen molar-refractivity contribution in [3.63, 3.8) is 0 Å². The summed E-state index contributed by atoms with van der Waals surface area (Å²) < 4.78 is 0. The molecule has 1 N–H and O–H groups in total. The van der Waals surface area contributed by atoms with Crippen LogP contribution < -0.4 is 5.32 Å². The van der Waals surface area contributed by atoms with Gasteiger partial charge in [0.1, 0.15) is 0 Å². The third-order valence-corrected chi connectivity index (χ3v) is 3.65. The highest BCUT2D eigenvalue weighted by Crippen LogP contribution is 2.23. The van der Waals surface area contributed by atoms with Gasteiger partial charge in [0.05, 0.1) is 0 Å². The maximum Gasteiger partial charge on any atom is 0.0369 e. The Kier molecular flexibility index (Phi) is 4.29. The molecule has 0 aliphatic rings. The molecule has 0 bridgehead atoms. The van der Waals surface area contributed by atoms with Crippen LogP contribution in [0.5, 0.6) is 0 Å². The zero-order valence-electron chi connectivity index (χ0n) is 10.3.